The lowest BCUT2D eigenvalue weighted by Gasteiger charge is -2.09. The Bertz CT molecular complexity index is 725. The van der Waals surface area contributed by atoms with Crippen LogP contribution >= 0.6 is 15.9 Å². The molecule has 0 saturated carbocycles. The second-order valence-electron chi connectivity index (χ2n) is 4.72. The van der Waals surface area contributed by atoms with E-state index in [0.717, 1.165) is 10.2 Å². The van der Waals surface area contributed by atoms with Crippen LogP contribution in [0.1, 0.15) is 21.6 Å². The van der Waals surface area contributed by atoms with E-state index in [1.807, 2.05) is 6.07 Å². The van der Waals surface area contributed by atoms with Gasteiger partial charge in [-0.15, -0.1) is 0 Å². The average Bonchev–Trinajstić information content (AvgIpc) is 2.47. The van der Waals surface area contributed by atoms with Crippen molar-refractivity contribution < 1.29 is 4.79 Å². The van der Waals surface area contributed by atoms with Gasteiger partial charge in [-0.1, -0.05) is 22.0 Å². The lowest BCUT2D eigenvalue weighted by Crippen LogP contribution is -2.32. The van der Waals surface area contributed by atoms with Crippen molar-refractivity contribution in [1.82, 2.24) is 14.9 Å². The number of benzene rings is 1. The molecule has 6 heteroatoms. The van der Waals surface area contributed by atoms with Gasteiger partial charge < -0.3 is 5.32 Å². The summed E-state index contributed by atoms with van der Waals surface area (Å²) >= 11 is 3.33. The fourth-order valence-corrected chi connectivity index (χ4v) is 2.26. The number of hydrogen-bond donors (Lipinski definition) is 1. The number of rotatable bonds is 4. The lowest BCUT2D eigenvalue weighted by atomic mass is 10.2. The number of nitrogens with one attached hydrogen (secondary N) is 1. The van der Waals surface area contributed by atoms with Crippen molar-refractivity contribution in [2.45, 2.75) is 20.4 Å². The van der Waals surface area contributed by atoms with Gasteiger partial charge in [0.2, 0.25) is 0 Å². The van der Waals surface area contributed by atoms with Crippen LogP contribution in [-0.4, -0.2) is 22.0 Å². The molecule has 2 aromatic rings. The van der Waals surface area contributed by atoms with E-state index < -0.39 is 0 Å². The Hall–Kier alpha value is -1.95. The third kappa shape index (κ3) is 3.78. The molecule has 1 amide bonds. The first kappa shape index (κ1) is 15.4. The molecular weight excluding hydrogens is 334 g/mol. The highest BCUT2D eigenvalue weighted by molar-refractivity contribution is 9.10. The first-order chi connectivity index (χ1) is 9.99. The number of carbonyl (C=O) groups excluding carboxylic acids is 1. The van der Waals surface area contributed by atoms with Gasteiger partial charge in [0.15, 0.2) is 0 Å². The first-order valence-corrected chi connectivity index (χ1v) is 7.34. The summed E-state index contributed by atoms with van der Waals surface area (Å²) in [7, 11) is 0. The van der Waals surface area contributed by atoms with Crippen molar-refractivity contribution in [3.05, 3.63) is 62.2 Å². The van der Waals surface area contributed by atoms with Crippen molar-refractivity contribution in [2.75, 3.05) is 6.54 Å². The van der Waals surface area contributed by atoms with Crippen LogP contribution in [0, 0.1) is 13.8 Å². The molecule has 0 spiro atoms. The number of halogens is 1. The summed E-state index contributed by atoms with van der Waals surface area (Å²) in [5.74, 6) is -0.166. The predicted molar refractivity (Wildman–Crippen MR) is 84.4 cm³/mol. The van der Waals surface area contributed by atoms with Gasteiger partial charge >= 0.3 is 0 Å². The summed E-state index contributed by atoms with van der Waals surface area (Å²) in [6, 6.07) is 7.15. The SMILES string of the molecule is Cc1ncn(CCNC(=O)c2cccc(Br)c2)c(=O)c1C. The van der Waals surface area contributed by atoms with E-state index >= 15 is 0 Å². The number of carbonyl (C=O) groups is 1. The number of aromatic nitrogens is 2. The normalized spacial score (nSPS) is 10.4. The Kier molecular flexibility index (Phi) is 4.90. The maximum Gasteiger partial charge on any atom is 0.256 e. The summed E-state index contributed by atoms with van der Waals surface area (Å²) in [6.45, 7) is 4.32. The van der Waals surface area contributed by atoms with E-state index in [-0.39, 0.29) is 11.5 Å². The Balaban J connectivity index is 1.97. The average molecular weight is 350 g/mol. The van der Waals surface area contributed by atoms with Gasteiger partial charge in [0.05, 0.1) is 6.33 Å². The first-order valence-electron chi connectivity index (χ1n) is 6.55. The van der Waals surface area contributed by atoms with Crippen LogP contribution in [0.15, 0.2) is 39.9 Å². The molecular formula is C15H16BrN3O2. The molecule has 0 fully saturated rings. The Morgan fingerprint density at radius 2 is 2.14 bits per heavy atom. The minimum absolute atomic E-state index is 0.0702. The molecule has 1 aromatic carbocycles. The van der Waals surface area contributed by atoms with Crippen molar-refractivity contribution in [3.63, 3.8) is 0 Å². The van der Waals surface area contributed by atoms with E-state index in [0.29, 0.717) is 24.2 Å². The molecule has 0 radical (unpaired) electrons. The molecule has 2 rings (SSSR count). The Labute approximate surface area is 131 Å². The highest BCUT2D eigenvalue weighted by atomic mass is 79.9. The zero-order valence-electron chi connectivity index (χ0n) is 11.9. The summed E-state index contributed by atoms with van der Waals surface area (Å²) < 4.78 is 2.36. The lowest BCUT2D eigenvalue weighted by molar-refractivity contribution is 0.0952. The second-order valence-corrected chi connectivity index (χ2v) is 5.64. The Morgan fingerprint density at radius 3 is 2.86 bits per heavy atom. The number of amides is 1. The van der Waals surface area contributed by atoms with Crippen LogP contribution in [0.2, 0.25) is 0 Å². The third-order valence-corrected chi connectivity index (χ3v) is 3.73. The molecule has 21 heavy (non-hydrogen) atoms. The number of aryl methyl sites for hydroxylation is 1. The third-order valence-electron chi connectivity index (χ3n) is 3.24. The zero-order valence-corrected chi connectivity index (χ0v) is 13.5. The molecule has 5 nitrogen and oxygen atoms in total. The quantitative estimate of drug-likeness (QED) is 0.918. The standard InChI is InChI=1S/C15H16BrN3O2/c1-10-11(2)18-9-19(15(10)21)7-6-17-14(20)12-4-3-5-13(16)8-12/h3-5,8-9H,6-7H2,1-2H3,(H,17,20). The highest BCUT2D eigenvalue weighted by Crippen LogP contribution is 2.11. The van der Waals surface area contributed by atoms with E-state index in [9.17, 15) is 9.59 Å². The Morgan fingerprint density at radius 1 is 1.38 bits per heavy atom. The van der Waals surface area contributed by atoms with Crippen LogP contribution in [0.3, 0.4) is 0 Å². The maximum atomic E-state index is 12.0. The smallest absolute Gasteiger partial charge is 0.256 e. The van der Waals surface area contributed by atoms with Crippen molar-refractivity contribution in [3.8, 4) is 0 Å². The molecule has 1 heterocycles. The molecule has 0 aliphatic rings. The van der Waals surface area contributed by atoms with Crippen molar-refractivity contribution in [2.24, 2.45) is 0 Å². The minimum Gasteiger partial charge on any atom is -0.350 e. The largest absolute Gasteiger partial charge is 0.350 e. The zero-order chi connectivity index (χ0) is 15.4. The fourth-order valence-electron chi connectivity index (χ4n) is 1.86. The van der Waals surface area contributed by atoms with E-state index in [2.05, 4.69) is 26.2 Å². The number of nitrogens with zero attached hydrogens (tertiary/aromatic N) is 2. The van der Waals surface area contributed by atoms with Gasteiger partial charge in [-0.2, -0.15) is 0 Å². The monoisotopic (exact) mass is 349 g/mol. The molecule has 0 saturated heterocycles. The predicted octanol–water partition coefficient (Wildman–Crippen LogP) is 2.05. The van der Waals surface area contributed by atoms with Gasteiger partial charge in [-0.3, -0.25) is 14.2 Å². The van der Waals surface area contributed by atoms with Crippen molar-refractivity contribution in [1.29, 1.82) is 0 Å². The highest BCUT2D eigenvalue weighted by Gasteiger charge is 2.06. The topological polar surface area (TPSA) is 64.0 Å². The summed E-state index contributed by atoms with van der Waals surface area (Å²) in [4.78, 5) is 28.1. The maximum absolute atomic E-state index is 12.0. The second kappa shape index (κ2) is 6.67. The van der Waals surface area contributed by atoms with Crippen LogP contribution in [0.5, 0.6) is 0 Å². The van der Waals surface area contributed by atoms with Crippen LogP contribution in [0.4, 0.5) is 0 Å². The molecule has 0 aliphatic carbocycles. The van der Waals surface area contributed by atoms with Crippen LogP contribution in [-0.2, 0) is 6.54 Å². The minimum atomic E-state index is -0.166. The summed E-state index contributed by atoms with van der Waals surface area (Å²) in [6.07, 6.45) is 1.51. The molecule has 0 unspecified atom stereocenters. The van der Waals surface area contributed by atoms with Gasteiger partial charge in [0, 0.05) is 34.4 Å². The van der Waals surface area contributed by atoms with E-state index in [1.54, 1.807) is 32.0 Å². The van der Waals surface area contributed by atoms with Gasteiger partial charge in [0.25, 0.3) is 11.5 Å². The van der Waals surface area contributed by atoms with Gasteiger partial charge in [-0.25, -0.2) is 4.98 Å². The summed E-state index contributed by atoms with van der Waals surface area (Å²) in [5, 5.41) is 2.79. The van der Waals surface area contributed by atoms with E-state index in [4.69, 9.17) is 0 Å². The number of hydrogen-bond acceptors (Lipinski definition) is 3. The molecule has 0 atom stereocenters. The molecule has 0 bridgehead atoms. The molecule has 1 aromatic heterocycles. The summed E-state index contributed by atoms with van der Waals surface area (Å²) in [5.41, 5.74) is 1.87. The van der Waals surface area contributed by atoms with Crippen molar-refractivity contribution >= 4 is 21.8 Å². The fraction of sp³-hybridized carbons (Fsp3) is 0.267. The van der Waals surface area contributed by atoms with Gasteiger partial charge in [0.1, 0.15) is 0 Å². The van der Waals surface area contributed by atoms with Crippen LogP contribution < -0.4 is 10.9 Å². The van der Waals surface area contributed by atoms with E-state index in [1.165, 1.54) is 10.9 Å². The molecule has 110 valence electrons. The molecule has 1 N–H and O–H groups in total. The molecule has 0 aliphatic heterocycles. The van der Waals surface area contributed by atoms with Crippen LogP contribution in [0.25, 0.3) is 0 Å². The van der Waals surface area contributed by atoms with Gasteiger partial charge in [-0.05, 0) is 32.0 Å².